The number of hydrogen-bond donors (Lipinski definition) is 1. The van der Waals surface area contributed by atoms with Gasteiger partial charge in [0.2, 0.25) is 0 Å². The summed E-state index contributed by atoms with van der Waals surface area (Å²) in [4.78, 5) is 0. The van der Waals surface area contributed by atoms with Gasteiger partial charge in [0, 0.05) is 4.47 Å². The second kappa shape index (κ2) is 5.38. The fraction of sp³-hybridized carbons (Fsp3) is 0.231. The standard InChI is InChI=1S/C13H13Br2NO/c1-8-3-4-9(11(15)7-8)12(16-2)13-10(14)5-6-17-13/h3-7,12,16H,1-2H3. The Morgan fingerprint density at radius 2 is 1.94 bits per heavy atom. The van der Waals surface area contributed by atoms with Gasteiger partial charge in [-0.1, -0.05) is 28.1 Å². The Labute approximate surface area is 118 Å². The van der Waals surface area contributed by atoms with Crippen molar-refractivity contribution >= 4 is 31.9 Å². The van der Waals surface area contributed by atoms with Crippen LogP contribution >= 0.6 is 31.9 Å². The van der Waals surface area contributed by atoms with E-state index in [2.05, 4.69) is 62.3 Å². The molecular formula is C13H13Br2NO. The largest absolute Gasteiger partial charge is 0.466 e. The van der Waals surface area contributed by atoms with E-state index in [-0.39, 0.29) is 6.04 Å². The first-order valence-electron chi connectivity index (χ1n) is 5.29. The van der Waals surface area contributed by atoms with Crippen molar-refractivity contribution in [2.24, 2.45) is 0 Å². The molecule has 0 saturated carbocycles. The van der Waals surface area contributed by atoms with E-state index >= 15 is 0 Å². The molecule has 0 aliphatic heterocycles. The molecule has 0 amide bonds. The van der Waals surface area contributed by atoms with Crippen LogP contribution in [0.4, 0.5) is 0 Å². The Bertz CT molecular complexity index is 522. The summed E-state index contributed by atoms with van der Waals surface area (Å²) in [7, 11) is 1.92. The maximum atomic E-state index is 5.53. The van der Waals surface area contributed by atoms with E-state index in [9.17, 15) is 0 Å². The minimum atomic E-state index is 0.0364. The van der Waals surface area contributed by atoms with Gasteiger partial charge in [-0.2, -0.15) is 0 Å². The normalized spacial score (nSPS) is 12.7. The highest BCUT2D eigenvalue weighted by atomic mass is 79.9. The lowest BCUT2D eigenvalue weighted by atomic mass is 10.0. The van der Waals surface area contributed by atoms with Gasteiger partial charge in [-0.25, -0.2) is 0 Å². The van der Waals surface area contributed by atoms with Crippen molar-refractivity contribution in [3.05, 3.63) is 56.4 Å². The van der Waals surface area contributed by atoms with Crippen molar-refractivity contribution in [1.29, 1.82) is 0 Å². The molecule has 0 aliphatic rings. The summed E-state index contributed by atoms with van der Waals surface area (Å²) < 4.78 is 7.59. The molecule has 1 aromatic heterocycles. The predicted molar refractivity (Wildman–Crippen MR) is 76.2 cm³/mol. The molecule has 2 nitrogen and oxygen atoms in total. The average molecular weight is 359 g/mol. The summed E-state index contributed by atoms with van der Waals surface area (Å²) in [6, 6.07) is 8.25. The van der Waals surface area contributed by atoms with Crippen molar-refractivity contribution in [3.8, 4) is 0 Å². The number of nitrogens with one attached hydrogen (secondary N) is 1. The Hall–Kier alpha value is -0.580. The number of hydrogen-bond acceptors (Lipinski definition) is 2. The summed E-state index contributed by atoms with van der Waals surface area (Å²) in [5.41, 5.74) is 2.39. The zero-order valence-corrected chi connectivity index (χ0v) is 12.8. The molecule has 0 bridgehead atoms. The number of furan rings is 1. The predicted octanol–water partition coefficient (Wildman–Crippen LogP) is 4.42. The smallest absolute Gasteiger partial charge is 0.139 e. The third kappa shape index (κ3) is 2.64. The lowest BCUT2D eigenvalue weighted by molar-refractivity contribution is 0.460. The average Bonchev–Trinajstić information content (AvgIpc) is 2.69. The molecule has 1 N–H and O–H groups in total. The maximum absolute atomic E-state index is 5.53. The molecule has 0 spiro atoms. The van der Waals surface area contributed by atoms with Gasteiger partial charge in [0.15, 0.2) is 0 Å². The van der Waals surface area contributed by atoms with E-state index in [1.165, 1.54) is 5.56 Å². The summed E-state index contributed by atoms with van der Waals surface area (Å²) >= 11 is 7.10. The molecule has 2 rings (SSSR count). The molecule has 1 unspecified atom stereocenters. The highest BCUT2D eigenvalue weighted by Crippen LogP contribution is 2.33. The van der Waals surface area contributed by atoms with Gasteiger partial charge >= 0.3 is 0 Å². The molecule has 1 atom stereocenters. The van der Waals surface area contributed by atoms with Gasteiger partial charge in [0.25, 0.3) is 0 Å². The van der Waals surface area contributed by atoms with Crippen molar-refractivity contribution in [2.75, 3.05) is 7.05 Å². The molecule has 1 heterocycles. The summed E-state index contributed by atoms with van der Waals surface area (Å²) in [5, 5.41) is 3.27. The summed E-state index contributed by atoms with van der Waals surface area (Å²) in [5.74, 6) is 0.886. The van der Waals surface area contributed by atoms with Crippen LogP contribution in [0.15, 0.2) is 43.9 Å². The van der Waals surface area contributed by atoms with Crippen molar-refractivity contribution < 1.29 is 4.42 Å². The monoisotopic (exact) mass is 357 g/mol. The topological polar surface area (TPSA) is 25.2 Å². The van der Waals surface area contributed by atoms with Crippen molar-refractivity contribution in [3.63, 3.8) is 0 Å². The zero-order valence-electron chi connectivity index (χ0n) is 9.63. The van der Waals surface area contributed by atoms with Gasteiger partial charge in [0.1, 0.15) is 5.76 Å². The number of aryl methyl sites for hydroxylation is 1. The number of rotatable bonds is 3. The molecule has 90 valence electrons. The first-order chi connectivity index (χ1) is 8.13. The van der Waals surface area contributed by atoms with Gasteiger partial charge in [-0.15, -0.1) is 0 Å². The first kappa shape index (κ1) is 12.9. The van der Waals surface area contributed by atoms with Crippen LogP contribution < -0.4 is 5.32 Å². The molecule has 1 aromatic carbocycles. The van der Waals surface area contributed by atoms with E-state index in [0.29, 0.717) is 0 Å². The molecule has 2 aromatic rings. The highest BCUT2D eigenvalue weighted by molar-refractivity contribution is 9.10. The number of benzene rings is 1. The van der Waals surface area contributed by atoms with Gasteiger partial charge in [-0.3, -0.25) is 0 Å². The first-order valence-corrected chi connectivity index (χ1v) is 6.88. The van der Waals surface area contributed by atoms with Crippen LogP contribution in [-0.2, 0) is 0 Å². The van der Waals surface area contributed by atoms with E-state index in [0.717, 1.165) is 20.3 Å². The minimum Gasteiger partial charge on any atom is -0.466 e. The van der Waals surface area contributed by atoms with Crippen LogP contribution in [-0.4, -0.2) is 7.05 Å². The lowest BCUT2D eigenvalue weighted by Gasteiger charge is -2.17. The van der Waals surface area contributed by atoms with Gasteiger partial charge in [-0.05, 0) is 53.2 Å². The number of halogens is 2. The SMILES string of the molecule is CNC(c1ccc(C)cc1Br)c1occc1Br. The molecule has 0 fully saturated rings. The van der Waals surface area contributed by atoms with E-state index in [1.807, 2.05) is 13.1 Å². The zero-order chi connectivity index (χ0) is 12.4. The maximum Gasteiger partial charge on any atom is 0.139 e. The van der Waals surface area contributed by atoms with Crippen LogP contribution in [0, 0.1) is 6.92 Å². The third-order valence-corrected chi connectivity index (χ3v) is 4.00. The second-order valence-electron chi connectivity index (χ2n) is 3.88. The Morgan fingerprint density at radius 1 is 1.18 bits per heavy atom. The molecular weight excluding hydrogens is 346 g/mol. The molecule has 17 heavy (non-hydrogen) atoms. The summed E-state index contributed by atoms with van der Waals surface area (Å²) in [6.45, 7) is 2.08. The van der Waals surface area contributed by atoms with Gasteiger partial charge in [0.05, 0.1) is 16.8 Å². The fourth-order valence-electron chi connectivity index (χ4n) is 1.81. The van der Waals surface area contributed by atoms with Crippen molar-refractivity contribution in [1.82, 2.24) is 5.32 Å². The molecule has 4 heteroatoms. The highest BCUT2D eigenvalue weighted by Gasteiger charge is 2.20. The second-order valence-corrected chi connectivity index (χ2v) is 5.59. The fourth-order valence-corrected chi connectivity index (χ4v) is 2.96. The Morgan fingerprint density at radius 3 is 2.47 bits per heavy atom. The lowest BCUT2D eigenvalue weighted by Crippen LogP contribution is -2.18. The van der Waals surface area contributed by atoms with Crippen LogP contribution in [0.3, 0.4) is 0 Å². The Balaban J connectivity index is 2.46. The van der Waals surface area contributed by atoms with Crippen LogP contribution in [0.1, 0.15) is 22.9 Å². The van der Waals surface area contributed by atoms with Crippen LogP contribution in [0.2, 0.25) is 0 Å². The van der Waals surface area contributed by atoms with Gasteiger partial charge < -0.3 is 9.73 Å². The van der Waals surface area contributed by atoms with E-state index < -0.39 is 0 Å². The van der Waals surface area contributed by atoms with E-state index in [1.54, 1.807) is 6.26 Å². The summed E-state index contributed by atoms with van der Waals surface area (Å²) in [6.07, 6.45) is 1.69. The van der Waals surface area contributed by atoms with Crippen LogP contribution in [0.25, 0.3) is 0 Å². The quantitative estimate of drug-likeness (QED) is 0.878. The van der Waals surface area contributed by atoms with E-state index in [4.69, 9.17) is 4.42 Å². The third-order valence-electron chi connectivity index (χ3n) is 2.66. The Kier molecular flexibility index (Phi) is 4.07. The molecule has 0 radical (unpaired) electrons. The minimum absolute atomic E-state index is 0.0364. The van der Waals surface area contributed by atoms with Crippen LogP contribution in [0.5, 0.6) is 0 Å². The van der Waals surface area contributed by atoms with Crippen molar-refractivity contribution in [2.45, 2.75) is 13.0 Å². The molecule has 0 aliphatic carbocycles. The molecule has 0 saturated heterocycles.